The maximum Gasteiger partial charge on any atom is 0.427 e. The molecule has 0 amide bonds. The van der Waals surface area contributed by atoms with Crippen molar-refractivity contribution in [2.24, 2.45) is 0 Å². The molecule has 0 aliphatic rings. The minimum absolute atomic E-state index is 0.770. The summed E-state index contributed by atoms with van der Waals surface area (Å²) < 4.78 is 52.8. The molecule has 0 saturated carbocycles. The molecule has 0 aliphatic heterocycles. The van der Waals surface area contributed by atoms with E-state index in [2.05, 4.69) is 4.74 Å². The molecule has 0 spiro atoms. The van der Waals surface area contributed by atoms with Crippen LogP contribution in [0.4, 0.5) is 17.6 Å². The van der Waals surface area contributed by atoms with Crippen molar-refractivity contribution in [1.29, 1.82) is 0 Å². The van der Waals surface area contributed by atoms with Crippen molar-refractivity contribution >= 4 is 11.8 Å². The summed E-state index contributed by atoms with van der Waals surface area (Å²) in [5.41, 5.74) is -0.998. The summed E-state index contributed by atoms with van der Waals surface area (Å²) in [6, 6.07) is 0. The number of alkyl halides is 4. The molecule has 4 nitrogen and oxygen atoms in total. The molecular formula is C9H11F4NO3. The Balaban J connectivity index is 5.23. The van der Waals surface area contributed by atoms with Gasteiger partial charge in [-0.15, -0.1) is 0 Å². The minimum Gasteiger partial charge on any atom is -0.465 e. The van der Waals surface area contributed by atoms with Gasteiger partial charge in [-0.05, 0) is 0 Å². The highest BCUT2D eigenvalue weighted by Gasteiger charge is 2.47. The molecule has 0 heterocycles. The van der Waals surface area contributed by atoms with Gasteiger partial charge in [-0.1, -0.05) is 0 Å². The van der Waals surface area contributed by atoms with E-state index in [9.17, 15) is 27.2 Å². The average Bonchev–Trinajstić information content (AvgIpc) is 2.21. The normalized spacial score (nSPS) is 14.2. The SMILES string of the molecule is COC(=O)/C(=C\N(C)C)C(=O)C(F)C(F)(F)F. The van der Waals surface area contributed by atoms with Crippen LogP contribution in [-0.4, -0.2) is 50.2 Å². The van der Waals surface area contributed by atoms with Crippen molar-refractivity contribution in [3.63, 3.8) is 0 Å². The molecule has 0 aromatic rings. The van der Waals surface area contributed by atoms with Crippen LogP contribution in [0.15, 0.2) is 11.8 Å². The van der Waals surface area contributed by atoms with Gasteiger partial charge in [0.1, 0.15) is 5.57 Å². The largest absolute Gasteiger partial charge is 0.465 e. The number of hydrogen-bond donors (Lipinski definition) is 0. The number of carbonyl (C=O) groups is 2. The van der Waals surface area contributed by atoms with Crippen LogP contribution >= 0.6 is 0 Å². The Morgan fingerprint density at radius 1 is 1.29 bits per heavy atom. The zero-order chi connectivity index (χ0) is 13.8. The Morgan fingerprint density at radius 2 is 1.76 bits per heavy atom. The van der Waals surface area contributed by atoms with Crippen molar-refractivity contribution < 1.29 is 31.9 Å². The Morgan fingerprint density at radius 3 is 2.06 bits per heavy atom. The van der Waals surface area contributed by atoms with E-state index < -0.39 is 29.7 Å². The molecule has 0 rings (SSSR count). The monoisotopic (exact) mass is 257 g/mol. The molecule has 0 saturated heterocycles. The van der Waals surface area contributed by atoms with Crippen LogP contribution in [0.1, 0.15) is 0 Å². The van der Waals surface area contributed by atoms with E-state index in [0.29, 0.717) is 0 Å². The van der Waals surface area contributed by atoms with Gasteiger partial charge in [-0.2, -0.15) is 13.2 Å². The molecule has 0 N–H and O–H groups in total. The van der Waals surface area contributed by atoms with E-state index in [1.165, 1.54) is 14.1 Å². The van der Waals surface area contributed by atoms with Gasteiger partial charge in [0.05, 0.1) is 7.11 Å². The highest BCUT2D eigenvalue weighted by atomic mass is 19.4. The van der Waals surface area contributed by atoms with Crippen molar-refractivity contribution in [2.75, 3.05) is 21.2 Å². The van der Waals surface area contributed by atoms with Crippen LogP contribution in [0.2, 0.25) is 0 Å². The summed E-state index contributed by atoms with van der Waals surface area (Å²) in [7, 11) is 3.59. The van der Waals surface area contributed by atoms with E-state index in [1.54, 1.807) is 0 Å². The highest BCUT2D eigenvalue weighted by molar-refractivity contribution is 6.19. The second kappa shape index (κ2) is 5.65. The zero-order valence-electron chi connectivity index (χ0n) is 9.34. The first-order valence-corrected chi connectivity index (χ1v) is 4.32. The van der Waals surface area contributed by atoms with E-state index in [4.69, 9.17) is 0 Å². The molecule has 8 heteroatoms. The number of halogens is 4. The molecule has 0 aliphatic carbocycles. The molecule has 0 bridgehead atoms. The van der Waals surface area contributed by atoms with Crippen LogP contribution in [0, 0.1) is 0 Å². The molecule has 0 aromatic heterocycles. The summed E-state index contributed by atoms with van der Waals surface area (Å²) >= 11 is 0. The van der Waals surface area contributed by atoms with Crippen LogP contribution in [0.3, 0.4) is 0 Å². The number of Topliss-reactive ketones (excluding diaryl/α,β-unsaturated/α-hetero) is 1. The molecule has 1 atom stereocenters. The van der Waals surface area contributed by atoms with Gasteiger partial charge in [0, 0.05) is 20.3 Å². The molecule has 0 fully saturated rings. The number of carbonyl (C=O) groups excluding carboxylic acids is 2. The molecule has 0 aromatic carbocycles. The van der Waals surface area contributed by atoms with Crippen molar-refractivity contribution in [2.45, 2.75) is 12.3 Å². The smallest absolute Gasteiger partial charge is 0.427 e. The third-order valence-corrected chi connectivity index (χ3v) is 1.58. The van der Waals surface area contributed by atoms with Gasteiger partial charge in [0.15, 0.2) is 0 Å². The lowest BCUT2D eigenvalue weighted by Crippen LogP contribution is -2.36. The van der Waals surface area contributed by atoms with Crippen LogP contribution in [0.25, 0.3) is 0 Å². The van der Waals surface area contributed by atoms with E-state index >= 15 is 0 Å². The Kier molecular flexibility index (Phi) is 5.11. The molecule has 17 heavy (non-hydrogen) atoms. The minimum atomic E-state index is -5.35. The molecular weight excluding hydrogens is 246 g/mol. The number of hydrogen-bond acceptors (Lipinski definition) is 4. The Labute approximate surface area is 94.8 Å². The fourth-order valence-electron chi connectivity index (χ4n) is 0.870. The fourth-order valence-corrected chi connectivity index (χ4v) is 0.870. The topological polar surface area (TPSA) is 46.6 Å². The van der Waals surface area contributed by atoms with E-state index in [-0.39, 0.29) is 0 Å². The summed E-state index contributed by atoms with van der Waals surface area (Å²) in [4.78, 5) is 23.3. The zero-order valence-corrected chi connectivity index (χ0v) is 9.34. The third kappa shape index (κ3) is 4.41. The van der Waals surface area contributed by atoms with E-state index in [1.807, 2.05) is 0 Å². The Hall–Kier alpha value is -1.60. The third-order valence-electron chi connectivity index (χ3n) is 1.58. The van der Waals surface area contributed by atoms with Crippen LogP contribution in [-0.2, 0) is 14.3 Å². The van der Waals surface area contributed by atoms with E-state index in [0.717, 1.165) is 18.2 Å². The van der Waals surface area contributed by atoms with Gasteiger partial charge < -0.3 is 9.64 Å². The van der Waals surface area contributed by atoms with Gasteiger partial charge in [0.2, 0.25) is 5.78 Å². The van der Waals surface area contributed by atoms with Crippen LogP contribution in [0.5, 0.6) is 0 Å². The fraction of sp³-hybridized carbons (Fsp3) is 0.556. The molecule has 1 unspecified atom stereocenters. The summed E-state index contributed by atoms with van der Waals surface area (Å²) in [5.74, 6) is -3.30. The predicted molar refractivity (Wildman–Crippen MR) is 49.7 cm³/mol. The summed E-state index contributed by atoms with van der Waals surface area (Å²) in [6.07, 6.45) is -8.32. The number of methoxy groups -OCH3 is 1. The number of rotatable bonds is 4. The van der Waals surface area contributed by atoms with Gasteiger partial charge in [0.25, 0.3) is 6.17 Å². The maximum absolute atomic E-state index is 12.8. The summed E-state index contributed by atoms with van der Waals surface area (Å²) in [6.45, 7) is 0. The van der Waals surface area contributed by atoms with Crippen LogP contribution < -0.4 is 0 Å². The van der Waals surface area contributed by atoms with Gasteiger partial charge in [-0.25, -0.2) is 9.18 Å². The first-order valence-electron chi connectivity index (χ1n) is 4.32. The van der Waals surface area contributed by atoms with Crippen molar-refractivity contribution in [1.82, 2.24) is 4.90 Å². The Bertz CT molecular complexity index is 336. The standard InChI is InChI=1S/C9H11F4NO3/c1-14(2)4-5(8(16)17-3)6(15)7(10)9(11,12)13/h4,7H,1-3H3/b5-4-. The first kappa shape index (κ1) is 15.4. The second-order valence-electron chi connectivity index (χ2n) is 3.27. The predicted octanol–water partition coefficient (Wildman–Crippen LogP) is 1.07. The van der Waals surface area contributed by atoms with Gasteiger partial charge in [-0.3, -0.25) is 4.79 Å². The molecule has 98 valence electrons. The number of nitrogens with zero attached hydrogens (tertiary/aromatic N) is 1. The highest BCUT2D eigenvalue weighted by Crippen LogP contribution is 2.25. The van der Waals surface area contributed by atoms with Gasteiger partial charge >= 0.3 is 12.1 Å². The quantitative estimate of drug-likeness (QED) is 0.248. The molecule has 0 radical (unpaired) electrons. The number of esters is 1. The average molecular weight is 257 g/mol. The summed E-state index contributed by atoms with van der Waals surface area (Å²) in [5, 5.41) is 0. The second-order valence-corrected chi connectivity index (χ2v) is 3.27. The van der Waals surface area contributed by atoms with Crippen molar-refractivity contribution in [3.05, 3.63) is 11.8 Å². The van der Waals surface area contributed by atoms with Crippen molar-refractivity contribution in [3.8, 4) is 0 Å². The lowest BCUT2D eigenvalue weighted by atomic mass is 10.1. The lowest BCUT2D eigenvalue weighted by Gasteiger charge is -2.14. The number of ketones is 1. The number of ether oxygens (including phenoxy) is 1. The maximum atomic E-state index is 12.8. The lowest BCUT2D eigenvalue weighted by molar-refractivity contribution is -0.183. The first-order chi connectivity index (χ1) is 7.61.